The maximum Gasteiger partial charge on any atom is 0.344 e. The summed E-state index contributed by atoms with van der Waals surface area (Å²) in [5, 5.41) is 10.7. The van der Waals surface area contributed by atoms with Gasteiger partial charge in [-0.3, -0.25) is 10.1 Å². The smallest absolute Gasteiger partial charge is 0.344 e. The number of halogens is 1. The van der Waals surface area contributed by atoms with E-state index in [4.69, 9.17) is 9.47 Å². The van der Waals surface area contributed by atoms with Gasteiger partial charge in [-0.05, 0) is 12.5 Å². The van der Waals surface area contributed by atoms with Crippen LogP contribution in [0, 0.1) is 15.9 Å². The van der Waals surface area contributed by atoms with Crippen molar-refractivity contribution < 1.29 is 32.0 Å². The molecule has 1 aromatic carbocycles. The van der Waals surface area contributed by atoms with Crippen molar-refractivity contribution >= 4 is 21.5 Å². The third-order valence-corrected chi connectivity index (χ3v) is 4.69. The molecule has 1 aliphatic heterocycles. The van der Waals surface area contributed by atoms with Crippen LogP contribution in [0.4, 0.5) is 10.1 Å². The average molecular weight is 333 g/mol. The molecule has 1 fully saturated rings. The Balaban J connectivity index is 1.94. The molecule has 0 saturated carbocycles. The molecule has 8 nitrogen and oxygen atoms in total. The molecule has 1 atom stereocenters. The number of nitrogens with zero attached hydrogens (tertiary/aromatic N) is 1. The fourth-order valence-corrected chi connectivity index (χ4v) is 3.55. The monoisotopic (exact) mass is 333 g/mol. The SMILES string of the molecule is O=C(COc1cc(F)ccc1[N+](=O)[O-])O[C@H]1CCS(=O)(=O)C1. The van der Waals surface area contributed by atoms with Crippen molar-refractivity contribution in [2.45, 2.75) is 12.5 Å². The number of carbonyl (C=O) groups is 1. The van der Waals surface area contributed by atoms with Crippen molar-refractivity contribution in [3.8, 4) is 5.75 Å². The minimum atomic E-state index is -3.19. The number of esters is 1. The summed E-state index contributed by atoms with van der Waals surface area (Å²) in [6.07, 6.45) is -0.544. The summed E-state index contributed by atoms with van der Waals surface area (Å²) >= 11 is 0. The number of hydrogen-bond acceptors (Lipinski definition) is 7. The van der Waals surface area contributed by atoms with E-state index in [9.17, 15) is 27.7 Å². The highest BCUT2D eigenvalue weighted by atomic mass is 32.2. The second-order valence-electron chi connectivity index (χ2n) is 4.67. The van der Waals surface area contributed by atoms with Gasteiger partial charge in [-0.1, -0.05) is 0 Å². The first kappa shape index (κ1) is 16.1. The number of hydrogen-bond donors (Lipinski definition) is 0. The molecule has 0 amide bonds. The first-order valence-corrected chi connectivity index (χ1v) is 8.05. The van der Waals surface area contributed by atoms with Crippen molar-refractivity contribution in [3.63, 3.8) is 0 Å². The van der Waals surface area contributed by atoms with Crippen molar-refractivity contribution in [2.24, 2.45) is 0 Å². The van der Waals surface area contributed by atoms with Gasteiger partial charge in [0, 0.05) is 12.1 Å². The molecular weight excluding hydrogens is 321 g/mol. The third kappa shape index (κ3) is 4.13. The van der Waals surface area contributed by atoms with Crippen LogP contribution in [0.25, 0.3) is 0 Å². The molecule has 0 N–H and O–H groups in total. The molecule has 0 aromatic heterocycles. The number of ether oxygens (including phenoxy) is 2. The lowest BCUT2D eigenvalue weighted by Crippen LogP contribution is -2.23. The Morgan fingerprint density at radius 1 is 1.45 bits per heavy atom. The molecule has 2 rings (SSSR count). The summed E-state index contributed by atoms with van der Waals surface area (Å²) in [6, 6.07) is 2.59. The number of carbonyl (C=O) groups excluding carboxylic acids is 1. The number of benzene rings is 1. The van der Waals surface area contributed by atoms with E-state index in [0.29, 0.717) is 0 Å². The van der Waals surface area contributed by atoms with Crippen LogP contribution in [-0.4, -0.2) is 43.5 Å². The van der Waals surface area contributed by atoms with Gasteiger partial charge in [0.2, 0.25) is 5.75 Å². The molecule has 0 unspecified atom stereocenters. The second kappa shape index (κ2) is 6.26. The zero-order valence-electron chi connectivity index (χ0n) is 11.2. The average Bonchev–Trinajstić information content (AvgIpc) is 2.75. The topological polar surface area (TPSA) is 113 Å². The lowest BCUT2D eigenvalue weighted by Gasteiger charge is -2.11. The van der Waals surface area contributed by atoms with Crippen LogP contribution >= 0.6 is 0 Å². The van der Waals surface area contributed by atoms with E-state index in [0.717, 1.165) is 18.2 Å². The van der Waals surface area contributed by atoms with Crippen LogP contribution in [0.1, 0.15) is 6.42 Å². The van der Waals surface area contributed by atoms with Gasteiger partial charge in [0.05, 0.1) is 16.4 Å². The van der Waals surface area contributed by atoms with Crippen LogP contribution in [-0.2, 0) is 19.4 Å². The van der Waals surface area contributed by atoms with Crippen LogP contribution < -0.4 is 4.74 Å². The second-order valence-corrected chi connectivity index (χ2v) is 6.90. The normalized spacial score (nSPS) is 19.6. The highest BCUT2D eigenvalue weighted by Crippen LogP contribution is 2.27. The van der Waals surface area contributed by atoms with Crippen molar-refractivity contribution in [3.05, 3.63) is 34.1 Å². The van der Waals surface area contributed by atoms with E-state index in [1.807, 2.05) is 0 Å². The third-order valence-electron chi connectivity index (χ3n) is 2.95. The largest absolute Gasteiger partial charge is 0.475 e. The molecule has 0 aliphatic carbocycles. The van der Waals surface area contributed by atoms with E-state index in [1.54, 1.807) is 0 Å². The number of rotatable bonds is 5. The van der Waals surface area contributed by atoms with Crippen LogP contribution in [0.2, 0.25) is 0 Å². The molecule has 0 bridgehead atoms. The highest BCUT2D eigenvalue weighted by molar-refractivity contribution is 7.91. The van der Waals surface area contributed by atoms with Gasteiger partial charge in [-0.25, -0.2) is 17.6 Å². The molecule has 120 valence electrons. The van der Waals surface area contributed by atoms with Gasteiger partial charge in [-0.2, -0.15) is 0 Å². The number of sulfone groups is 1. The summed E-state index contributed by atoms with van der Waals surface area (Å²) in [6.45, 7) is -0.680. The summed E-state index contributed by atoms with van der Waals surface area (Å²) in [7, 11) is -3.19. The molecule has 1 saturated heterocycles. The van der Waals surface area contributed by atoms with Gasteiger partial charge in [-0.15, -0.1) is 0 Å². The fourth-order valence-electron chi connectivity index (χ4n) is 1.96. The Morgan fingerprint density at radius 3 is 2.77 bits per heavy atom. The molecule has 10 heteroatoms. The maximum absolute atomic E-state index is 13.1. The molecule has 0 spiro atoms. The van der Waals surface area contributed by atoms with E-state index in [2.05, 4.69) is 0 Å². The lowest BCUT2D eigenvalue weighted by atomic mass is 10.3. The fraction of sp³-hybridized carbons (Fsp3) is 0.417. The van der Waals surface area contributed by atoms with Crippen molar-refractivity contribution in [1.29, 1.82) is 0 Å². The molecule has 1 aromatic rings. The van der Waals surface area contributed by atoms with Crippen molar-refractivity contribution in [1.82, 2.24) is 0 Å². The maximum atomic E-state index is 13.1. The zero-order chi connectivity index (χ0) is 16.3. The molecule has 0 radical (unpaired) electrons. The highest BCUT2D eigenvalue weighted by Gasteiger charge is 2.30. The predicted octanol–water partition coefficient (Wildman–Crippen LogP) is 0.843. The van der Waals surface area contributed by atoms with Gasteiger partial charge < -0.3 is 9.47 Å². The van der Waals surface area contributed by atoms with Crippen molar-refractivity contribution in [2.75, 3.05) is 18.1 Å². The predicted molar refractivity (Wildman–Crippen MR) is 71.7 cm³/mol. The van der Waals surface area contributed by atoms with Crippen LogP contribution in [0.3, 0.4) is 0 Å². The summed E-state index contributed by atoms with van der Waals surface area (Å²) in [4.78, 5) is 21.5. The Kier molecular flexibility index (Phi) is 4.59. The summed E-state index contributed by atoms with van der Waals surface area (Å²) < 4.78 is 45.3. The van der Waals surface area contributed by atoms with E-state index in [-0.39, 0.29) is 17.9 Å². The molecule has 22 heavy (non-hydrogen) atoms. The minimum Gasteiger partial charge on any atom is -0.475 e. The van der Waals surface area contributed by atoms with Crippen LogP contribution in [0.5, 0.6) is 5.75 Å². The summed E-state index contributed by atoms with van der Waals surface area (Å²) in [5.74, 6) is -2.34. The zero-order valence-corrected chi connectivity index (χ0v) is 12.0. The number of nitro groups is 1. The first-order chi connectivity index (χ1) is 10.3. The Bertz CT molecular complexity index is 703. The molecule has 1 aliphatic rings. The lowest BCUT2D eigenvalue weighted by molar-refractivity contribution is -0.385. The Hall–Kier alpha value is -2.23. The van der Waals surface area contributed by atoms with Gasteiger partial charge in [0.15, 0.2) is 16.4 Å². The number of nitro benzene ring substituents is 1. The Morgan fingerprint density at radius 2 is 2.18 bits per heavy atom. The van der Waals surface area contributed by atoms with Crippen LogP contribution in [0.15, 0.2) is 18.2 Å². The Labute approximate surface area is 124 Å². The first-order valence-electron chi connectivity index (χ1n) is 6.23. The standard InChI is InChI=1S/C12H12FNO7S/c13-8-1-2-10(14(16)17)11(5-8)20-6-12(15)21-9-3-4-22(18,19)7-9/h1-2,5,9H,3-4,6-7H2/t9-/m0/s1. The van der Waals surface area contributed by atoms with Gasteiger partial charge in [0.25, 0.3) is 0 Å². The minimum absolute atomic E-state index is 0.0544. The molecular formula is C12H12FNO7S. The van der Waals surface area contributed by atoms with E-state index in [1.165, 1.54) is 0 Å². The quantitative estimate of drug-likeness (QED) is 0.446. The van der Waals surface area contributed by atoms with E-state index < -0.39 is 50.7 Å². The van der Waals surface area contributed by atoms with Gasteiger partial charge in [0.1, 0.15) is 11.9 Å². The van der Waals surface area contributed by atoms with E-state index >= 15 is 0 Å². The summed E-state index contributed by atoms with van der Waals surface area (Å²) in [5.41, 5.74) is -0.488. The van der Waals surface area contributed by atoms with Gasteiger partial charge >= 0.3 is 11.7 Å². The molecule has 1 heterocycles.